The Labute approximate surface area is 123 Å². The van der Waals surface area contributed by atoms with Gasteiger partial charge in [-0.1, -0.05) is 12.1 Å². The van der Waals surface area contributed by atoms with Crippen LogP contribution >= 0.6 is 0 Å². The summed E-state index contributed by atoms with van der Waals surface area (Å²) in [4.78, 5) is 16.0. The summed E-state index contributed by atoms with van der Waals surface area (Å²) in [5.74, 6) is 0. The Kier molecular flexibility index (Phi) is 4.52. The predicted molar refractivity (Wildman–Crippen MR) is 80.1 cm³/mol. The fourth-order valence-corrected chi connectivity index (χ4v) is 2.70. The van der Waals surface area contributed by atoms with Crippen molar-refractivity contribution in [3.05, 3.63) is 35.5 Å². The number of nitrogens with one attached hydrogen (secondary N) is 1. The van der Waals surface area contributed by atoms with E-state index in [1.165, 1.54) is 10.9 Å². The van der Waals surface area contributed by atoms with Crippen LogP contribution in [-0.4, -0.2) is 49.3 Å². The second-order valence-corrected chi connectivity index (χ2v) is 5.32. The molecule has 1 aromatic heterocycles. The lowest BCUT2D eigenvalue weighted by atomic mass is 10.1. The van der Waals surface area contributed by atoms with Gasteiger partial charge in [0.25, 0.3) is 6.47 Å². The SMILES string of the molecule is O=COCCc1cc2ccc(CN3CCOCC3)cc2[nH]1. The van der Waals surface area contributed by atoms with Gasteiger partial charge in [0, 0.05) is 37.3 Å². The molecule has 0 aliphatic carbocycles. The predicted octanol–water partition coefficient (Wildman–Crippen LogP) is 1.72. The number of aromatic nitrogens is 1. The molecule has 2 heterocycles. The van der Waals surface area contributed by atoms with Crippen LogP contribution < -0.4 is 0 Å². The number of ether oxygens (including phenoxy) is 2. The average Bonchev–Trinajstić information content (AvgIpc) is 2.90. The van der Waals surface area contributed by atoms with Crippen molar-refractivity contribution in [3.8, 4) is 0 Å². The molecule has 0 amide bonds. The first-order valence-corrected chi connectivity index (χ1v) is 7.31. The maximum absolute atomic E-state index is 10.2. The summed E-state index contributed by atoms with van der Waals surface area (Å²) in [6.07, 6.45) is 0.715. The van der Waals surface area contributed by atoms with Gasteiger partial charge >= 0.3 is 0 Å². The lowest BCUT2D eigenvalue weighted by Crippen LogP contribution is -2.35. The molecule has 1 fully saturated rings. The zero-order valence-corrected chi connectivity index (χ0v) is 12.0. The van der Waals surface area contributed by atoms with Crippen molar-refractivity contribution in [2.45, 2.75) is 13.0 Å². The number of nitrogens with zero attached hydrogens (tertiary/aromatic N) is 1. The van der Waals surface area contributed by atoms with Gasteiger partial charge in [0.05, 0.1) is 19.8 Å². The quantitative estimate of drug-likeness (QED) is 0.649. The van der Waals surface area contributed by atoms with Crippen LogP contribution in [0.1, 0.15) is 11.3 Å². The molecule has 1 saturated heterocycles. The van der Waals surface area contributed by atoms with Crippen LogP contribution in [0.3, 0.4) is 0 Å². The van der Waals surface area contributed by atoms with Crippen molar-refractivity contribution < 1.29 is 14.3 Å². The van der Waals surface area contributed by atoms with E-state index in [2.05, 4.69) is 34.1 Å². The van der Waals surface area contributed by atoms with Crippen molar-refractivity contribution in [2.75, 3.05) is 32.9 Å². The van der Waals surface area contributed by atoms with E-state index < -0.39 is 0 Å². The van der Waals surface area contributed by atoms with E-state index in [0.29, 0.717) is 19.5 Å². The largest absolute Gasteiger partial charge is 0.467 e. The average molecular weight is 288 g/mol. The topological polar surface area (TPSA) is 54.6 Å². The van der Waals surface area contributed by atoms with Crippen LogP contribution in [-0.2, 0) is 27.2 Å². The summed E-state index contributed by atoms with van der Waals surface area (Å²) in [6.45, 7) is 5.51. The van der Waals surface area contributed by atoms with Crippen LogP contribution in [0.2, 0.25) is 0 Å². The highest BCUT2D eigenvalue weighted by Crippen LogP contribution is 2.19. The number of hydrogen-bond acceptors (Lipinski definition) is 4. The molecule has 112 valence electrons. The van der Waals surface area contributed by atoms with Crippen LogP contribution in [0.5, 0.6) is 0 Å². The zero-order valence-electron chi connectivity index (χ0n) is 12.0. The van der Waals surface area contributed by atoms with Gasteiger partial charge in [-0.05, 0) is 23.1 Å². The van der Waals surface area contributed by atoms with E-state index in [9.17, 15) is 4.79 Å². The van der Waals surface area contributed by atoms with Gasteiger partial charge in [-0.15, -0.1) is 0 Å². The zero-order chi connectivity index (χ0) is 14.5. The number of H-pyrrole nitrogens is 1. The van der Waals surface area contributed by atoms with Gasteiger partial charge in [0.2, 0.25) is 0 Å². The third-order valence-corrected chi connectivity index (χ3v) is 3.81. The Hall–Kier alpha value is -1.85. The first-order valence-electron chi connectivity index (χ1n) is 7.31. The number of morpholine rings is 1. The van der Waals surface area contributed by atoms with Gasteiger partial charge in [-0.2, -0.15) is 0 Å². The highest BCUT2D eigenvalue weighted by atomic mass is 16.5. The molecule has 21 heavy (non-hydrogen) atoms. The monoisotopic (exact) mass is 288 g/mol. The van der Waals surface area contributed by atoms with E-state index in [-0.39, 0.29) is 0 Å². The third-order valence-electron chi connectivity index (χ3n) is 3.81. The Morgan fingerprint density at radius 3 is 2.95 bits per heavy atom. The number of carbonyl (C=O) groups excluding carboxylic acids is 1. The van der Waals surface area contributed by atoms with Crippen molar-refractivity contribution >= 4 is 17.4 Å². The summed E-state index contributed by atoms with van der Waals surface area (Å²) in [5, 5.41) is 1.20. The Morgan fingerprint density at radius 1 is 1.29 bits per heavy atom. The van der Waals surface area contributed by atoms with Crippen molar-refractivity contribution in [1.29, 1.82) is 0 Å². The van der Waals surface area contributed by atoms with E-state index in [0.717, 1.165) is 44.1 Å². The van der Waals surface area contributed by atoms with E-state index >= 15 is 0 Å². The number of carbonyl (C=O) groups is 1. The molecule has 1 aliphatic heterocycles. The minimum Gasteiger partial charge on any atom is -0.467 e. The number of benzene rings is 1. The summed E-state index contributed by atoms with van der Waals surface area (Å²) in [5.41, 5.74) is 3.54. The van der Waals surface area contributed by atoms with Gasteiger partial charge in [0.15, 0.2) is 0 Å². The highest BCUT2D eigenvalue weighted by Gasteiger charge is 2.11. The molecule has 0 unspecified atom stereocenters. The van der Waals surface area contributed by atoms with Crippen LogP contribution in [0.15, 0.2) is 24.3 Å². The minimum absolute atomic E-state index is 0.414. The Bertz CT molecular complexity index is 603. The maximum Gasteiger partial charge on any atom is 0.293 e. The number of fused-ring (bicyclic) bond motifs is 1. The van der Waals surface area contributed by atoms with Gasteiger partial charge in [-0.25, -0.2) is 0 Å². The van der Waals surface area contributed by atoms with Gasteiger partial charge in [0.1, 0.15) is 0 Å². The molecule has 0 atom stereocenters. The standard InChI is InChI=1S/C16H20N2O3/c19-12-21-6-3-15-10-14-2-1-13(9-16(14)17-15)11-18-4-7-20-8-5-18/h1-2,9-10,12,17H,3-8,11H2. The van der Waals surface area contributed by atoms with Crippen LogP contribution in [0.25, 0.3) is 10.9 Å². The van der Waals surface area contributed by atoms with E-state index in [1.54, 1.807) is 0 Å². The second-order valence-electron chi connectivity index (χ2n) is 5.32. The van der Waals surface area contributed by atoms with Crippen LogP contribution in [0.4, 0.5) is 0 Å². The molecule has 0 spiro atoms. The summed E-state index contributed by atoms with van der Waals surface area (Å²) in [7, 11) is 0. The molecule has 3 rings (SSSR count). The smallest absolute Gasteiger partial charge is 0.293 e. The minimum atomic E-state index is 0.414. The third kappa shape index (κ3) is 3.62. The second kappa shape index (κ2) is 6.74. The van der Waals surface area contributed by atoms with Crippen LogP contribution in [0, 0.1) is 0 Å². The molecular weight excluding hydrogens is 268 g/mol. The van der Waals surface area contributed by atoms with E-state index in [4.69, 9.17) is 9.47 Å². The Morgan fingerprint density at radius 2 is 2.14 bits per heavy atom. The fraction of sp³-hybridized carbons (Fsp3) is 0.438. The molecule has 1 aliphatic rings. The molecule has 0 saturated carbocycles. The lowest BCUT2D eigenvalue weighted by molar-refractivity contribution is -0.128. The molecule has 0 bridgehead atoms. The lowest BCUT2D eigenvalue weighted by Gasteiger charge is -2.26. The van der Waals surface area contributed by atoms with Gasteiger partial charge in [-0.3, -0.25) is 9.69 Å². The molecule has 5 heteroatoms. The summed E-state index contributed by atoms with van der Waals surface area (Å²) < 4.78 is 10.1. The molecule has 1 N–H and O–H groups in total. The first kappa shape index (κ1) is 14.1. The molecule has 0 radical (unpaired) electrons. The maximum atomic E-state index is 10.2. The molecule has 5 nitrogen and oxygen atoms in total. The number of hydrogen-bond donors (Lipinski definition) is 1. The Balaban J connectivity index is 1.68. The molecular formula is C16H20N2O3. The first-order chi connectivity index (χ1) is 10.3. The normalized spacial score (nSPS) is 16.2. The molecule has 1 aromatic carbocycles. The van der Waals surface area contributed by atoms with Gasteiger partial charge < -0.3 is 14.5 Å². The summed E-state index contributed by atoms with van der Waals surface area (Å²) >= 11 is 0. The van der Waals surface area contributed by atoms with E-state index in [1.807, 2.05) is 0 Å². The van der Waals surface area contributed by atoms with Crippen molar-refractivity contribution in [2.24, 2.45) is 0 Å². The highest BCUT2D eigenvalue weighted by molar-refractivity contribution is 5.81. The number of rotatable bonds is 6. The van der Waals surface area contributed by atoms with Crippen molar-refractivity contribution in [1.82, 2.24) is 9.88 Å². The fourth-order valence-electron chi connectivity index (χ4n) is 2.70. The van der Waals surface area contributed by atoms with Crippen molar-refractivity contribution in [3.63, 3.8) is 0 Å². The summed E-state index contributed by atoms with van der Waals surface area (Å²) in [6, 6.07) is 8.64. The number of aromatic amines is 1. The molecule has 2 aromatic rings.